The van der Waals surface area contributed by atoms with Crippen LogP contribution in [-0.2, 0) is 11.2 Å². The Kier molecular flexibility index (Phi) is 6.60. The molecule has 3 N–H and O–H groups in total. The first-order valence-corrected chi connectivity index (χ1v) is 9.88. The van der Waals surface area contributed by atoms with Gasteiger partial charge in [0, 0.05) is 17.1 Å². The third-order valence-corrected chi connectivity index (χ3v) is 5.24. The molecule has 0 saturated carbocycles. The fraction of sp³-hybridized carbons (Fsp3) is 0.167. The first-order chi connectivity index (χ1) is 13.0. The molecule has 0 bridgehead atoms. The van der Waals surface area contributed by atoms with Crippen LogP contribution in [0.5, 0.6) is 0 Å². The fourth-order valence-corrected chi connectivity index (χ4v) is 3.58. The number of aromatic nitrogens is 3. The number of rotatable bonds is 7. The number of nitrogens with zero attached hydrogens (tertiary/aromatic N) is 3. The smallest absolute Gasteiger partial charge is 0.230 e. The van der Waals surface area contributed by atoms with Crippen molar-refractivity contribution in [3.63, 3.8) is 0 Å². The molecule has 1 heterocycles. The molecule has 9 heteroatoms. The minimum absolute atomic E-state index is 0.0926. The van der Waals surface area contributed by atoms with Gasteiger partial charge in [0.05, 0.1) is 10.8 Å². The van der Waals surface area contributed by atoms with Crippen molar-refractivity contribution in [3.8, 4) is 11.4 Å². The zero-order chi connectivity index (χ0) is 19.2. The van der Waals surface area contributed by atoms with Crippen LogP contribution in [0.2, 0.25) is 10.0 Å². The molecule has 1 amide bonds. The van der Waals surface area contributed by atoms with Gasteiger partial charge in [-0.1, -0.05) is 65.3 Å². The molecule has 1 aromatic heterocycles. The van der Waals surface area contributed by atoms with Crippen molar-refractivity contribution in [1.82, 2.24) is 20.2 Å². The molecule has 0 aliphatic rings. The second kappa shape index (κ2) is 9.12. The van der Waals surface area contributed by atoms with E-state index in [4.69, 9.17) is 29.0 Å². The lowest BCUT2D eigenvalue weighted by Crippen LogP contribution is -2.27. The van der Waals surface area contributed by atoms with Gasteiger partial charge in [0.15, 0.2) is 5.82 Å². The van der Waals surface area contributed by atoms with Gasteiger partial charge in [0.25, 0.3) is 0 Å². The van der Waals surface area contributed by atoms with Crippen molar-refractivity contribution in [3.05, 3.63) is 64.1 Å². The molecule has 0 atom stereocenters. The number of amides is 1. The summed E-state index contributed by atoms with van der Waals surface area (Å²) in [5.41, 5.74) is 1.80. The molecule has 0 spiro atoms. The number of nitrogen functional groups attached to an aromatic ring is 1. The lowest BCUT2D eigenvalue weighted by atomic mass is 10.1. The molecule has 0 aliphatic heterocycles. The van der Waals surface area contributed by atoms with Gasteiger partial charge >= 0.3 is 0 Å². The highest BCUT2D eigenvalue weighted by Gasteiger charge is 2.16. The Balaban J connectivity index is 1.54. The monoisotopic (exact) mass is 421 g/mol. The minimum atomic E-state index is -0.0926. The molecular formula is C18H17Cl2N5OS. The van der Waals surface area contributed by atoms with E-state index in [1.807, 2.05) is 30.3 Å². The van der Waals surface area contributed by atoms with Crippen molar-refractivity contribution in [2.45, 2.75) is 11.6 Å². The molecule has 6 nitrogen and oxygen atoms in total. The summed E-state index contributed by atoms with van der Waals surface area (Å²) in [6, 6.07) is 15.0. The van der Waals surface area contributed by atoms with E-state index in [9.17, 15) is 4.79 Å². The maximum atomic E-state index is 12.0. The van der Waals surface area contributed by atoms with Gasteiger partial charge in [-0.05, 0) is 30.2 Å². The van der Waals surface area contributed by atoms with Crippen LogP contribution >= 0.6 is 35.0 Å². The van der Waals surface area contributed by atoms with E-state index in [0.717, 1.165) is 6.42 Å². The van der Waals surface area contributed by atoms with Crippen LogP contribution in [0.1, 0.15) is 5.56 Å². The Hall–Kier alpha value is -2.22. The number of carbonyl (C=O) groups is 1. The summed E-state index contributed by atoms with van der Waals surface area (Å²) in [5, 5.41) is 12.4. The average Bonchev–Trinajstić information content (AvgIpc) is 3.01. The van der Waals surface area contributed by atoms with Crippen molar-refractivity contribution >= 4 is 40.9 Å². The molecule has 0 fully saturated rings. The summed E-state index contributed by atoms with van der Waals surface area (Å²) < 4.78 is 1.32. The number of hydrogen-bond acceptors (Lipinski definition) is 5. The summed E-state index contributed by atoms with van der Waals surface area (Å²) in [6.07, 6.45) is 0.781. The van der Waals surface area contributed by atoms with Gasteiger partial charge in [0.2, 0.25) is 11.1 Å². The summed E-state index contributed by atoms with van der Waals surface area (Å²) in [5.74, 6) is 6.56. The van der Waals surface area contributed by atoms with E-state index < -0.39 is 0 Å². The van der Waals surface area contributed by atoms with Crippen LogP contribution in [0.3, 0.4) is 0 Å². The fourth-order valence-electron chi connectivity index (χ4n) is 2.40. The van der Waals surface area contributed by atoms with Crippen molar-refractivity contribution in [2.24, 2.45) is 0 Å². The summed E-state index contributed by atoms with van der Waals surface area (Å²) in [7, 11) is 0. The van der Waals surface area contributed by atoms with Crippen LogP contribution in [0, 0.1) is 0 Å². The number of benzene rings is 2. The van der Waals surface area contributed by atoms with Gasteiger partial charge in [-0.2, -0.15) is 0 Å². The maximum Gasteiger partial charge on any atom is 0.230 e. The van der Waals surface area contributed by atoms with Crippen LogP contribution in [0.4, 0.5) is 0 Å². The highest BCUT2D eigenvalue weighted by molar-refractivity contribution is 7.99. The Morgan fingerprint density at radius 1 is 1.15 bits per heavy atom. The quantitative estimate of drug-likeness (QED) is 0.450. The third-order valence-electron chi connectivity index (χ3n) is 3.75. The normalized spacial score (nSPS) is 10.7. The molecule has 27 heavy (non-hydrogen) atoms. The second-order valence-corrected chi connectivity index (χ2v) is 7.46. The molecule has 3 aromatic rings. The first-order valence-electron chi connectivity index (χ1n) is 8.14. The number of nitrogens with two attached hydrogens (primary N) is 1. The van der Waals surface area contributed by atoms with E-state index in [1.165, 1.54) is 22.0 Å². The standard InChI is InChI=1S/C18H17Cl2N5OS/c19-13-6-7-14(15(20)10-13)17-23-24-18(25(17)21)27-11-16(26)22-9-8-12-4-2-1-3-5-12/h1-7,10H,8-9,11,21H2,(H,22,26). The third kappa shape index (κ3) is 5.15. The Labute approximate surface area is 171 Å². The molecular weight excluding hydrogens is 405 g/mol. The molecule has 0 unspecified atom stereocenters. The lowest BCUT2D eigenvalue weighted by Gasteiger charge is -2.06. The van der Waals surface area contributed by atoms with Gasteiger partial charge in [-0.15, -0.1) is 10.2 Å². The van der Waals surface area contributed by atoms with Crippen molar-refractivity contribution in [2.75, 3.05) is 18.1 Å². The predicted molar refractivity (Wildman–Crippen MR) is 110 cm³/mol. The second-order valence-electron chi connectivity index (χ2n) is 5.67. The Bertz CT molecular complexity index is 933. The molecule has 0 aliphatic carbocycles. The molecule has 0 saturated heterocycles. The summed E-state index contributed by atoms with van der Waals surface area (Å²) in [6.45, 7) is 0.574. The molecule has 2 aromatic carbocycles. The maximum absolute atomic E-state index is 12.0. The number of carbonyl (C=O) groups excluding carboxylic acids is 1. The van der Waals surface area contributed by atoms with Gasteiger partial charge in [-0.3, -0.25) is 4.79 Å². The largest absolute Gasteiger partial charge is 0.355 e. The predicted octanol–water partition coefficient (Wildman–Crippen LogP) is 3.42. The zero-order valence-electron chi connectivity index (χ0n) is 14.2. The minimum Gasteiger partial charge on any atom is -0.355 e. The number of thioether (sulfide) groups is 1. The first kappa shape index (κ1) is 19.5. The number of nitrogens with one attached hydrogen (secondary N) is 1. The van der Waals surface area contributed by atoms with E-state index in [-0.39, 0.29) is 11.7 Å². The van der Waals surface area contributed by atoms with Crippen LogP contribution in [-0.4, -0.2) is 33.1 Å². The van der Waals surface area contributed by atoms with Crippen LogP contribution in [0.15, 0.2) is 53.7 Å². The van der Waals surface area contributed by atoms with Crippen molar-refractivity contribution in [1.29, 1.82) is 0 Å². The van der Waals surface area contributed by atoms with Crippen LogP contribution in [0.25, 0.3) is 11.4 Å². The van der Waals surface area contributed by atoms with E-state index >= 15 is 0 Å². The average molecular weight is 422 g/mol. The molecule has 0 radical (unpaired) electrons. The van der Waals surface area contributed by atoms with Gasteiger partial charge in [0.1, 0.15) is 0 Å². The topological polar surface area (TPSA) is 85.8 Å². The number of halogens is 2. The number of hydrogen-bond donors (Lipinski definition) is 2. The molecule has 140 valence electrons. The lowest BCUT2D eigenvalue weighted by molar-refractivity contribution is -0.118. The highest BCUT2D eigenvalue weighted by Crippen LogP contribution is 2.30. The van der Waals surface area contributed by atoms with E-state index in [0.29, 0.717) is 33.1 Å². The SMILES string of the molecule is Nn1c(SCC(=O)NCCc2ccccc2)nnc1-c1ccc(Cl)cc1Cl. The van der Waals surface area contributed by atoms with Crippen LogP contribution < -0.4 is 11.2 Å². The van der Waals surface area contributed by atoms with E-state index in [2.05, 4.69) is 15.5 Å². The Morgan fingerprint density at radius 3 is 2.67 bits per heavy atom. The van der Waals surface area contributed by atoms with Gasteiger partial charge in [-0.25, -0.2) is 4.68 Å². The van der Waals surface area contributed by atoms with Gasteiger partial charge < -0.3 is 11.2 Å². The van der Waals surface area contributed by atoms with Crippen molar-refractivity contribution < 1.29 is 4.79 Å². The highest BCUT2D eigenvalue weighted by atomic mass is 35.5. The Morgan fingerprint density at radius 2 is 1.93 bits per heavy atom. The summed E-state index contributed by atoms with van der Waals surface area (Å²) >= 11 is 13.3. The van der Waals surface area contributed by atoms with E-state index in [1.54, 1.807) is 18.2 Å². The summed E-state index contributed by atoms with van der Waals surface area (Å²) in [4.78, 5) is 12.0. The zero-order valence-corrected chi connectivity index (χ0v) is 16.6. The molecule has 3 rings (SSSR count).